The Morgan fingerprint density at radius 2 is 1.15 bits per heavy atom. The van der Waals surface area contributed by atoms with E-state index in [1.807, 2.05) is 0 Å². The summed E-state index contributed by atoms with van der Waals surface area (Å²) in [6, 6.07) is 1.35. The number of unbranched alkanes of at least 4 members (excludes halogenated alkanes) is 5. The van der Waals surface area contributed by atoms with Gasteiger partial charge in [-0.15, -0.1) is 0 Å². The molecule has 0 unspecified atom stereocenters. The van der Waals surface area contributed by atoms with Gasteiger partial charge < -0.3 is 91.4 Å². The number of rotatable bonds is 32. The molecule has 2 heterocycles. The van der Waals surface area contributed by atoms with Crippen molar-refractivity contribution >= 4 is 110 Å². The molecule has 0 spiro atoms. The van der Waals surface area contributed by atoms with Crippen LogP contribution in [0.5, 0.6) is 5.75 Å². The smallest absolute Gasteiger partial charge is 0.246 e. The lowest BCUT2D eigenvalue weighted by atomic mass is 10.0. The third-order valence-electron chi connectivity index (χ3n) is 14.8. The Balaban J connectivity index is 1.75. The minimum atomic E-state index is -1.88. The zero-order valence-electron chi connectivity index (χ0n) is 52.4. The molecule has 0 bridgehead atoms. The maximum Gasteiger partial charge on any atom is 0.246 e. The van der Waals surface area contributed by atoms with E-state index < -0.39 is 182 Å². The Labute approximate surface area is 551 Å². The predicted octanol–water partition coefficient (Wildman–Crippen LogP) is -4.46. The highest BCUT2D eigenvalue weighted by molar-refractivity contribution is 8.76. The minimum Gasteiger partial charge on any atom is -0.508 e. The molecule has 94 heavy (non-hydrogen) atoms. The number of hydrogen-bond acceptors (Lipinski definition) is 19. The van der Waals surface area contributed by atoms with Gasteiger partial charge in [-0.1, -0.05) is 96.7 Å². The molecular weight excluding hydrogens is 1260 g/mol. The van der Waals surface area contributed by atoms with Gasteiger partial charge in [-0.25, -0.2) is 0 Å². The first kappa shape index (κ1) is 77.4. The lowest BCUT2D eigenvalue weighted by Gasteiger charge is -2.31. The summed E-state index contributed by atoms with van der Waals surface area (Å²) in [6.07, 6.45) is 3.56. The third-order valence-corrected chi connectivity index (χ3v) is 17.2. The second-order valence-electron chi connectivity index (χ2n) is 22.4. The number of nitrogens with one attached hydrogen (secondary N) is 11. The summed E-state index contributed by atoms with van der Waals surface area (Å²) in [7, 11) is 1.72. The zero-order chi connectivity index (χ0) is 69.1. The van der Waals surface area contributed by atoms with Crippen molar-refractivity contribution in [1.29, 1.82) is 0 Å². The van der Waals surface area contributed by atoms with E-state index in [0.717, 1.165) is 52.2 Å². The Morgan fingerprint density at radius 1 is 0.585 bits per heavy atom. The molecule has 4 rings (SSSR count). The molecule has 15 amide bonds. The number of amides is 15. The average molecular weight is 1350 g/mol. The number of nitrogens with zero attached hydrogens (tertiary/aromatic N) is 1. The van der Waals surface area contributed by atoms with Crippen LogP contribution in [0.1, 0.15) is 108 Å². The lowest BCUT2D eigenvalue weighted by molar-refractivity contribution is -0.142. The van der Waals surface area contributed by atoms with Crippen molar-refractivity contribution in [1.82, 2.24) is 63.4 Å². The maximum absolute atomic E-state index is 14.9. The van der Waals surface area contributed by atoms with Crippen LogP contribution >= 0.6 is 21.6 Å². The molecule has 2 aromatic carbocycles. The number of phenols is 1. The second-order valence-corrected chi connectivity index (χ2v) is 25.0. The molecule has 516 valence electrons. The van der Waals surface area contributed by atoms with E-state index in [4.69, 9.17) is 22.9 Å². The first-order valence-corrected chi connectivity index (χ1v) is 33.5. The lowest BCUT2D eigenvalue weighted by Crippen LogP contribution is -2.61. The van der Waals surface area contributed by atoms with Gasteiger partial charge in [0.1, 0.15) is 54.1 Å². The maximum atomic E-state index is 14.9. The topological polar surface area (TPSA) is 516 Å². The Kier molecular flexibility index (Phi) is 34.2. The number of likely N-dealkylation sites (tertiary alicyclic amines) is 1. The first-order chi connectivity index (χ1) is 44.9. The van der Waals surface area contributed by atoms with Gasteiger partial charge in [0.05, 0.1) is 32.6 Å². The van der Waals surface area contributed by atoms with Crippen molar-refractivity contribution in [2.24, 2.45) is 22.9 Å². The molecule has 20 N–H and O–H groups in total. The number of carbonyl (C=O) groups excluding carboxylic acids is 15. The molecule has 2 aliphatic heterocycles. The largest absolute Gasteiger partial charge is 0.508 e. The van der Waals surface area contributed by atoms with E-state index in [9.17, 15) is 77.0 Å². The van der Waals surface area contributed by atoms with E-state index in [-0.39, 0.29) is 69.0 Å². The molecule has 34 heteroatoms. The van der Waals surface area contributed by atoms with Crippen molar-refractivity contribution in [3.8, 4) is 5.75 Å². The fourth-order valence-corrected chi connectivity index (χ4v) is 12.1. The third kappa shape index (κ3) is 28.9. The number of primary amides is 3. The first-order valence-electron chi connectivity index (χ1n) is 31.0. The summed E-state index contributed by atoms with van der Waals surface area (Å²) in [6.45, 7) is -0.0537. The number of aromatic hydroxyl groups is 1. The molecule has 0 aromatic heterocycles. The van der Waals surface area contributed by atoms with Crippen molar-refractivity contribution in [3.05, 3.63) is 65.7 Å². The normalized spacial score (nSPS) is 20.2. The Morgan fingerprint density at radius 3 is 1.77 bits per heavy atom. The number of benzene rings is 2. The molecule has 0 saturated carbocycles. The van der Waals surface area contributed by atoms with E-state index in [1.54, 1.807) is 30.3 Å². The van der Waals surface area contributed by atoms with Gasteiger partial charge in [0, 0.05) is 43.7 Å². The summed E-state index contributed by atoms with van der Waals surface area (Å²) < 4.78 is 0. The zero-order valence-corrected chi connectivity index (χ0v) is 54.1. The van der Waals surface area contributed by atoms with Crippen LogP contribution in [0.3, 0.4) is 0 Å². The molecule has 2 aliphatic rings. The van der Waals surface area contributed by atoms with Gasteiger partial charge in [0.2, 0.25) is 88.6 Å². The van der Waals surface area contributed by atoms with Crippen molar-refractivity contribution in [2.75, 3.05) is 50.8 Å². The van der Waals surface area contributed by atoms with Crippen LogP contribution in [-0.4, -0.2) is 198 Å². The number of hydrogen-bond donors (Lipinski definition) is 16. The van der Waals surface area contributed by atoms with E-state index in [1.165, 1.54) is 24.3 Å². The van der Waals surface area contributed by atoms with Crippen LogP contribution in [0.2, 0.25) is 0 Å². The van der Waals surface area contributed by atoms with Crippen LogP contribution in [0.4, 0.5) is 0 Å². The number of carbonyl (C=O) groups is 15. The molecule has 2 saturated heterocycles. The fourth-order valence-electron chi connectivity index (χ4n) is 9.77. The molecular formula is C60H88N16O16S2. The van der Waals surface area contributed by atoms with Crippen LogP contribution < -0.4 is 81.4 Å². The van der Waals surface area contributed by atoms with Crippen molar-refractivity contribution < 1.29 is 77.0 Å². The van der Waals surface area contributed by atoms with Crippen molar-refractivity contribution in [2.45, 2.75) is 158 Å². The minimum absolute atomic E-state index is 0.0611. The summed E-state index contributed by atoms with van der Waals surface area (Å²) in [5, 5.41) is 37.5. The molecule has 0 radical (unpaired) electrons. The van der Waals surface area contributed by atoms with Crippen LogP contribution in [-0.2, 0) is 84.8 Å². The van der Waals surface area contributed by atoms with Crippen LogP contribution in [0, 0.1) is 0 Å². The van der Waals surface area contributed by atoms with E-state index >= 15 is 0 Å². The van der Waals surface area contributed by atoms with Gasteiger partial charge in [0.25, 0.3) is 0 Å². The number of nitrogens with two attached hydrogens (primary N) is 4. The highest BCUT2D eigenvalue weighted by Crippen LogP contribution is 2.26. The Hall–Kier alpha value is -9.05. The monoisotopic (exact) mass is 1350 g/mol. The quantitative estimate of drug-likeness (QED) is 0.0243. The molecule has 8 atom stereocenters. The van der Waals surface area contributed by atoms with Crippen LogP contribution in [0.15, 0.2) is 54.6 Å². The van der Waals surface area contributed by atoms with Gasteiger partial charge in [-0.2, -0.15) is 0 Å². The SMILES string of the molecule is CCCCCCCC(=O)NCC(=O)NCC(=O)NCC(=O)N[C@H]1CSSC[C@@H](C(=O)N2CCC[C@H]2C(=O)N[C@@H](CCCCN)C(=O)NCC(N)=O)NC(=O)[C@H](CC(N)=O)NC(=O)[C@H](CCC(N)=O)NC(=O)[C@H](Cc2ccccc2)NC(=O)[C@@H](Cc2ccc(O)cc2)NC1=O. The summed E-state index contributed by atoms with van der Waals surface area (Å²) in [4.78, 5) is 204. The van der Waals surface area contributed by atoms with Gasteiger partial charge >= 0.3 is 0 Å². The summed E-state index contributed by atoms with van der Waals surface area (Å²) in [5.41, 5.74) is 22.9. The average Bonchev–Trinajstić information content (AvgIpc) is 1.58. The fraction of sp³-hybridized carbons (Fsp3) is 0.550. The van der Waals surface area contributed by atoms with E-state index in [2.05, 4.69) is 65.4 Å². The Bertz CT molecular complexity index is 2970. The van der Waals surface area contributed by atoms with Gasteiger partial charge in [0.15, 0.2) is 0 Å². The molecule has 32 nitrogen and oxygen atoms in total. The predicted molar refractivity (Wildman–Crippen MR) is 345 cm³/mol. The van der Waals surface area contributed by atoms with Crippen LogP contribution in [0.25, 0.3) is 0 Å². The highest BCUT2D eigenvalue weighted by atomic mass is 33.1. The van der Waals surface area contributed by atoms with E-state index in [0.29, 0.717) is 30.4 Å². The molecule has 2 fully saturated rings. The molecule has 0 aliphatic carbocycles. The summed E-state index contributed by atoms with van der Waals surface area (Å²) in [5.74, 6) is -14.4. The van der Waals surface area contributed by atoms with Gasteiger partial charge in [-0.3, -0.25) is 71.9 Å². The highest BCUT2D eigenvalue weighted by Gasteiger charge is 2.41. The standard InChI is InChI=1S/C60H88N16O16S2/c1-2-3-4-5-9-17-49(81)65-30-50(82)66-31-51(83)67-32-52(84)69-43-33-93-94-34-44(60(92)76-25-12-16-45(76)59(91)71-38(15-10-11-24-61)53(85)68-29-48(64)80)75-57(89)42(28-47(63)79)74-54(86)39(22-23-46(62)78)70-55(87)40(26-35-13-7-6-8-14-35)72-56(88)41(73-58(43)90)27-36-18-20-37(77)21-19-36/h6-8,13-14,18-21,38-45,77H,2-5,9-12,15-17,22-34,61H2,1H3,(H2,62,78)(H2,63,79)(H2,64,80)(H,65,81)(H,66,82)(H,67,83)(H,68,85)(H,69,84)(H,70,87)(H,71,91)(H,72,88)(H,73,90)(H,74,86)(H,75,89)/t38-,39-,40-,41+,42-,43-,44-,45-/m0/s1. The number of phenolic OH excluding ortho intramolecular Hbond substituents is 1. The van der Waals surface area contributed by atoms with Gasteiger partial charge in [-0.05, 0) is 74.8 Å². The second kappa shape index (κ2) is 41.5. The van der Waals surface area contributed by atoms with Crippen molar-refractivity contribution in [3.63, 3.8) is 0 Å². The molecule has 2 aromatic rings. The summed E-state index contributed by atoms with van der Waals surface area (Å²) >= 11 is 0.